The second-order valence-electron chi connectivity index (χ2n) is 4.60. The predicted octanol–water partition coefficient (Wildman–Crippen LogP) is -2.31. The Balaban J connectivity index is 0.00000220. The van der Waals surface area contributed by atoms with Crippen molar-refractivity contribution in [1.82, 2.24) is 4.98 Å². The van der Waals surface area contributed by atoms with Crippen LogP contribution in [-0.4, -0.2) is 31.2 Å². The van der Waals surface area contributed by atoms with Crippen molar-refractivity contribution in [2.75, 3.05) is 25.1 Å². The smallest absolute Gasteiger partial charge is 0.550 e. The third-order valence-electron chi connectivity index (χ3n) is 3.06. The fourth-order valence-electron chi connectivity index (χ4n) is 2.07. The van der Waals surface area contributed by atoms with E-state index >= 15 is 0 Å². The van der Waals surface area contributed by atoms with Gasteiger partial charge in [-0.25, -0.2) is 4.98 Å². The maximum atomic E-state index is 12.7. The number of rotatable bonds is 4. The van der Waals surface area contributed by atoms with Gasteiger partial charge in [-0.15, -0.1) is 0 Å². The molecule has 0 N–H and O–H groups in total. The number of hydrogen-bond acceptors (Lipinski definition) is 5. The fourth-order valence-corrected chi connectivity index (χ4v) is 2.07. The van der Waals surface area contributed by atoms with Crippen LogP contribution in [0.2, 0.25) is 0 Å². The van der Waals surface area contributed by atoms with Crippen LogP contribution in [0.1, 0.15) is 12.1 Å². The summed E-state index contributed by atoms with van der Waals surface area (Å²) in [5.74, 6) is -1.38. The summed E-state index contributed by atoms with van der Waals surface area (Å²) in [7, 11) is 1.24. The number of alkyl halides is 3. The van der Waals surface area contributed by atoms with E-state index in [0.29, 0.717) is 18.8 Å². The first-order chi connectivity index (χ1) is 9.29. The van der Waals surface area contributed by atoms with Crippen LogP contribution in [0.5, 0.6) is 5.88 Å². The van der Waals surface area contributed by atoms with Gasteiger partial charge < -0.3 is 19.5 Å². The van der Waals surface area contributed by atoms with Gasteiger partial charge >= 0.3 is 35.7 Å². The first kappa shape index (κ1) is 18.1. The molecule has 5 nitrogen and oxygen atoms in total. The van der Waals surface area contributed by atoms with Crippen molar-refractivity contribution in [2.45, 2.75) is 12.6 Å². The number of aromatic nitrogens is 1. The Bertz CT molecular complexity index is 519. The van der Waals surface area contributed by atoms with Crippen molar-refractivity contribution < 1.29 is 57.4 Å². The summed E-state index contributed by atoms with van der Waals surface area (Å²) in [6, 6.07) is 2.32. The van der Waals surface area contributed by atoms with Gasteiger partial charge in [-0.1, -0.05) is 0 Å². The molecule has 0 spiro atoms. The molecular formula is C12H12F3N2NaO3. The number of methoxy groups -OCH3 is 1. The van der Waals surface area contributed by atoms with E-state index < -0.39 is 17.8 Å². The minimum Gasteiger partial charge on any atom is -0.550 e. The van der Waals surface area contributed by atoms with E-state index in [1.807, 2.05) is 0 Å². The van der Waals surface area contributed by atoms with E-state index in [4.69, 9.17) is 4.74 Å². The van der Waals surface area contributed by atoms with Crippen molar-refractivity contribution in [3.8, 4) is 5.88 Å². The van der Waals surface area contributed by atoms with Crippen LogP contribution in [0.3, 0.4) is 0 Å². The number of pyridine rings is 1. The molecule has 1 aromatic rings. The Labute approximate surface area is 141 Å². The van der Waals surface area contributed by atoms with E-state index in [2.05, 4.69) is 4.98 Å². The van der Waals surface area contributed by atoms with Crippen LogP contribution in [0.25, 0.3) is 0 Å². The van der Waals surface area contributed by atoms with Gasteiger partial charge in [0, 0.05) is 30.8 Å². The Kier molecular flexibility index (Phi) is 5.89. The fraction of sp³-hybridized carbons (Fsp3) is 0.500. The number of halogens is 3. The zero-order valence-electron chi connectivity index (χ0n) is 11.6. The van der Waals surface area contributed by atoms with Crippen LogP contribution >= 0.6 is 0 Å². The van der Waals surface area contributed by atoms with E-state index in [0.717, 1.165) is 6.07 Å². The van der Waals surface area contributed by atoms with Gasteiger partial charge in [0.05, 0.1) is 7.11 Å². The molecule has 2 rings (SSSR count). The molecule has 0 bridgehead atoms. The Morgan fingerprint density at radius 1 is 1.48 bits per heavy atom. The summed E-state index contributed by atoms with van der Waals surface area (Å²) < 4.78 is 42.8. The number of carbonyl (C=O) groups excluding carboxylic acids is 1. The number of carbonyl (C=O) groups is 1. The molecule has 1 saturated heterocycles. The van der Waals surface area contributed by atoms with Crippen molar-refractivity contribution in [1.29, 1.82) is 0 Å². The molecule has 1 aliphatic rings. The quantitative estimate of drug-likeness (QED) is 0.585. The van der Waals surface area contributed by atoms with E-state index in [1.165, 1.54) is 13.2 Å². The summed E-state index contributed by atoms with van der Waals surface area (Å²) >= 11 is 0. The van der Waals surface area contributed by atoms with Crippen molar-refractivity contribution in [3.63, 3.8) is 0 Å². The molecule has 0 aliphatic carbocycles. The van der Waals surface area contributed by atoms with Crippen molar-refractivity contribution in [2.24, 2.45) is 5.92 Å². The van der Waals surface area contributed by atoms with E-state index in [-0.39, 0.29) is 47.8 Å². The Hall–Kier alpha value is -0.990. The Morgan fingerprint density at radius 2 is 2.10 bits per heavy atom. The Morgan fingerprint density at radius 3 is 2.57 bits per heavy atom. The molecule has 0 atom stereocenters. The molecule has 9 heteroatoms. The van der Waals surface area contributed by atoms with Gasteiger partial charge in [-0.05, 0) is 18.4 Å². The van der Waals surface area contributed by atoms with E-state index in [9.17, 15) is 23.1 Å². The molecule has 0 aromatic carbocycles. The van der Waals surface area contributed by atoms with Gasteiger partial charge in [0.2, 0.25) is 5.88 Å². The number of ether oxygens (including phenoxy) is 1. The maximum absolute atomic E-state index is 12.7. The number of nitrogens with zero attached hydrogens (tertiary/aromatic N) is 2. The average molecular weight is 312 g/mol. The summed E-state index contributed by atoms with van der Waals surface area (Å²) in [6.07, 6.45) is -4.65. The van der Waals surface area contributed by atoms with Gasteiger partial charge in [0.25, 0.3) is 0 Å². The first-order valence-corrected chi connectivity index (χ1v) is 5.87. The van der Waals surface area contributed by atoms with Gasteiger partial charge in [-0.3, -0.25) is 0 Å². The number of carboxylic acids is 1. The van der Waals surface area contributed by atoms with Crippen LogP contribution in [0.4, 0.5) is 18.9 Å². The summed E-state index contributed by atoms with van der Waals surface area (Å²) in [4.78, 5) is 15.4. The standard InChI is InChI=1S/C12H13F3N2O3.Na/c1-20-10-4-8(3-9(16-10)12(13,14)15)17-5-7(6-17)2-11(18)19;/h3-4,7H,2,5-6H2,1H3,(H,18,19);/q;+1/p-1. The summed E-state index contributed by atoms with van der Waals surface area (Å²) in [6.45, 7) is 0.747. The molecular weight excluding hydrogens is 300 g/mol. The summed E-state index contributed by atoms with van der Waals surface area (Å²) in [5.41, 5.74) is -0.714. The third-order valence-corrected chi connectivity index (χ3v) is 3.06. The number of carboxylic acid groups (broad SMARTS) is 1. The van der Waals surface area contributed by atoms with Gasteiger partial charge in [-0.2, -0.15) is 13.2 Å². The molecule has 1 fully saturated rings. The third kappa shape index (κ3) is 4.49. The molecule has 2 heterocycles. The van der Waals surface area contributed by atoms with E-state index in [1.54, 1.807) is 4.90 Å². The normalized spacial score (nSPS) is 15.1. The molecule has 0 unspecified atom stereocenters. The number of anilines is 1. The van der Waals surface area contributed by atoms with Crippen LogP contribution in [0.15, 0.2) is 12.1 Å². The van der Waals surface area contributed by atoms with Gasteiger partial charge in [0.15, 0.2) is 5.69 Å². The molecule has 0 radical (unpaired) electrons. The number of aliphatic carboxylic acids is 1. The molecule has 21 heavy (non-hydrogen) atoms. The molecule has 0 saturated carbocycles. The van der Waals surface area contributed by atoms with Crippen molar-refractivity contribution >= 4 is 11.7 Å². The summed E-state index contributed by atoms with van der Waals surface area (Å²) in [5, 5.41) is 10.4. The minimum absolute atomic E-state index is 0. The molecule has 110 valence electrons. The molecule has 1 aromatic heterocycles. The van der Waals surface area contributed by atoms with Crippen LogP contribution < -0.4 is 44.3 Å². The molecule has 1 aliphatic heterocycles. The first-order valence-electron chi connectivity index (χ1n) is 5.87. The monoisotopic (exact) mass is 312 g/mol. The predicted molar refractivity (Wildman–Crippen MR) is 61.1 cm³/mol. The van der Waals surface area contributed by atoms with Gasteiger partial charge in [0.1, 0.15) is 0 Å². The minimum atomic E-state index is -4.56. The zero-order valence-corrected chi connectivity index (χ0v) is 13.6. The maximum Gasteiger partial charge on any atom is 1.00 e. The number of hydrogen-bond donors (Lipinski definition) is 0. The topological polar surface area (TPSA) is 65.5 Å². The molecule has 0 amide bonds. The second kappa shape index (κ2) is 6.85. The average Bonchev–Trinajstić information content (AvgIpc) is 2.31. The second-order valence-corrected chi connectivity index (χ2v) is 4.60. The van der Waals surface area contributed by atoms with Crippen molar-refractivity contribution in [3.05, 3.63) is 17.8 Å². The van der Waals surface area contributed by atoms with Crippen LogP contribution in [0, 0.1) is 5.92 Å². The zero-order chi connectivity index (χ0) is 14.9. The SMILES string of the molecule is COc1cc(N2CC(CC(=O)[O-])C2)cc(C(F)(F)F)n1.[Na+]. The van der Waals surface area contributed by atoms with Crippen LogP contribution in [-0.2, 0) is 11.0 Å². The largest absolute Gasteiger partial charge is 1.00 e.